The van der Waals surface area contributed by atoms with Crippen molar-refractivity contribution < 1.29 is 27.8 Å². The molecule has 6 heteroatoms. The van der Waals surface area contributed by atoms with Gasteiger partial charge in [-0.05, 0) is 55.4 Å². The molecule has 0 radical (unpaired) electrons. The van der Waals surface area contributed by atoms with Crippen molar-refractivity contribution in [3.63, 3.8) is 0 Å². The number of rotatable bonds is 4. The molecule has 0 saturated carbocycles. The smallest absolute Gasteiger partial charge is 0.466 e. The highest BCUT2D eigenvalue weighted by Crippen LogP contribution is 2.43. The third kappa shape index (κ3) is 3.63. The molecule has 23 heavy (non-hydrogen) atoms. The topological polar surface area (TPSA) is 44.8 Å². The van der Waals surface area contributed by atoms with Gasteiger partial charge in [-0.1, -0.05) is 12.1 Å². The maximum Gasteiger partial charge on any atom is 0.586 e. The Morgan fingerprint density at radius 1 is 1.35 bits per heavy atom. The Bertz CT molecular complexity index is 639. The summed E-state index contributed by atoms with van der Waals surface area (Å²) < 4.78 is 39.9. The van der Waals surface area contributed by atoms with E-state index in [0.29, 0.717) is 13.0 Å². The number of ether oxygens (including phenoxy) is 3. The van der Waals surface area contributed by atoms with Gasteiger partial charge in [-0.2, -0.15) is 0 Å². The molecule has 0 fully saturated rings. The minimum absolute atomic E-state index is 0.0512. The number of benzene rings is 1. The Hall–Kier alpha value is -2.11. The van der Waals surface area contributed by atoms with Crippen molar-refractivity contribution in [2.75, 3.05) is 6.61 Å². The van der Waals surface area contributed by atoms with Gasteiger partial charge in [0.25, 0.3) is 0 Å². The highest BCUT2D eigenvalue weighted by atomic mass is 19.3. The first-order valence-electron chi connectivity index (χ1n) is 7.72. The molecule has 1 aliphatic heterocycles. The Morgan fingerprint density at radius 3 is 2.83 bits per heavy atom. The van der Waals surface area contributed by atoms with Crippen molar-refractivity contribution in [1.82, 2.24) is 0 Å². The lowest BCUT2D eigenvalue weighted by molar-refractivity contribution is -0.286. The van der Waals surface area contributed by atoms with Gasteiger partial charge in [-0.25, -0.2) is 0 Å². The lowest BCUT2D eigenvalue weighted by atomic mass is 9.85. The minimum Gasteiger partial charge on any atom is -0.466 e. The molecule has 1 unspecified atom stereocenters. The first-order valence-corrected chi connectivity index (χ1v) is 7.72. The van der Waals surface area contributed by atoms with Crippen molar-refractivity contribution >= 4 is 11.5 Å². The minimum atomic E-state index is -3.59. The van der Waals surface area contributed by atoms with Gasteiger partial charge in [0.2, 0.25) is 0 Å². The summed E-state index contributed by atoms with van der Waals surface area (Å²) in [7, 11) is 0. The van der Waals surface area contributed by atoms with E-state index in [9.17, 15) is 13.6 Å². The van der Waals surface area contributed by atoms with Crippen molar-refractivity contribution in [2.24, 2.45) is 5.92 Å². The molecule has 1 aromatic carbocycles. The lowest BCUT2D eigenvalue weighted by Crippen LogP contribution is -2.25. The molecule has 2 aliphatic rings. The van der Waals surface area contributed by atoms with E-state index in [4.69, 9.17) is 4.74 Å². The molecule has 0 N–H and O–H groups in total. The molecule has 1 atom stereocenters. The largest absolute Gasteiger partial charge is 0.586 e. The van der Waals surface area contributed by atoms with Crippen LogP contribution in [0.5, 0.6) is 11.5 Å². The number of carbonyl (C=O) groups is 1. The molecule has 0 bridgehead atoms. The second-order valence-corrected chi connectivity index (χ2v) is 5.71. The number of carbonyl (C=O) groups excluding carboxylic acids is 1. The number of fused-ring (bicyclic) bond motifs is 1. The van der Waals surface area contributed by atoms with Gasteiger partial charge in [-0.15, -0.1) is 8.78 Å². The third-order valence-corrected chi connectivity index (χ3v) is 4.05. The molecular weight excluding hydrogens is 306 g/mol. The van der Waals surface area contributed by atoms with Crippen LogP contribution in [0.25, 0.3) is 5.57 Å². The monoisotopic (exact) mass is 324 g/mol. The summed E-state index contributed by atoms with van der Waals surface area (Å²) >= 11 is 0. The molecule has 1 aliphatic carbocycles. The quantitative estimate of drug-likeness (QED) is 0.781. The SMILES string of the molecule is CCOC(=O)CC1CC=C(c2ccc3c(c2)OC(F)(F)O3)CC1. The molecule has 1 heterocycles. The maximum atomic E-state index is 13.0. The fourth-order valence-electron chi connectivity index (χ4n) is 2.94. The molecule has 4 nitrogen and oxygen atoms in total. The van der Waals surface area contributed by atoms with Crippen LogP contribution in [0, 0.1) is 5.92 Å². The summed E-state index contributed by atoms with van der Waals surface area (Å²) in [6.07, 6.45) is 1.33. The first kappa shape index (κ1) is 15.8. The van der Waals surface area contributed by atoms with Crippen LogP contribution < -0.4 is 9.47 Å². The van der Waals surface area contributed by atoms with E-state index in [-0.39, 0.29) is 23.4 Å². The number of hydrogen-bond acceptors (Lipinski definition) is 4. The van der Waals surface area contributed by atoms with Crippen LogP contribution in [-0.2, 0) is 9.53 Å². The number of halogens is 2. The first-order chi connectivity index (χ1) is 11.0. The van der Waals surface area contributed by atoms with Gasteiger partial charge in [0, 0.05) is 6.42 Å². The highest BCUT2D eigenvalue weighted by molar-refractivity contribution is 5.71. The molecule has 0 amide bonds. The number of allylic oxidation sites excluding steroid dienone is 2. The van der Waals surface area contributed by atoms with Gasteiger partial charge in [0.15, 0.2) is 11.5 Å². The summed E-state index contributed by atoms with van der Waals surface area (Å²) in [4.78, 5) is 11.5. The number of esters is 1. The summed E-state index contributed by atoms with van der Waals surface area (Å²) in [5.74, 6) is 0.216. The Balaban J connectivity index is 1.66. The van der Waals surface area contributed by atoms with E-state index in [1.165, 1.54) is 6.07 Å². The lowest BCUT2D eigenvalue weighted by Gasteiger charge is -2.21. The summed E-state index contributed by atoms with van der Waals surface area (Å²) in [5, 5.41) is 0. The average molecular weight is 324 g/mol. The van der Waals surface area contributed by atoms with Crippen LogP contribution in [0.3, 0.4) is 0 Å². The van der Waals surface area contributed by atoms with Gasteiger partial charge in [0.1, 0.15) is 0 Å². The van der Waals surface area contributed by atoms with Crippen LogP contribution in [0.15, 0.2) is 24.3 Å². The van der Waals surface area contributed by atoms with Gasteiger partial charge < -0.3 is 14.2 Å². The second-order valence-electron chi connectivity index (χ2n) is 5.71. The number of alkyl halides is 2. The fourth-order valence-corrected chi connectivity index (χ4v) is 2.94. The molecule has 3 rings (SSSR count). The standard InChI is InChI=1S/C17H18F2O4/c1-2-21-16(20)9-11-3-5-12(6-4-11)13-7-8-14-15(10-13)23-17(18,19)22-14/h5,7-8,10-11H,2-4,6,9H2,1H3. The zero-order valence-electron chi connectivity index (χ0n) is 12.8. The molecule has 0 spiro atoms. The molecule has 1 aromatic rings. The van der Waals surface area contributed by atoms with Crippen LogP contribution in [0.1, 0.15) is 38.2 Å². The van der Waals surface area contributed by atoms with Crippen molar-refractivity contribution in [3.05, 3.63) is 29.8 Å². The highest BCUT2D eigenvalue weighted by Gasteiger charge is 2.43. The van der Waals surface area contributed by atoms with E-state index < -0.39 is 6.29 Å². The van der Waals surface area contributed by atoms with Gasteiger partial charge in [0.05, 0.1) is 6.61 Å². The second kappa shape index (κ2) is 6.18. The van der Waals surface area contributed by atoms with Crippen molar-refractivity contribution in [1.29, 1.82) is 0 Å². The van der Waals surface area contributed by atoms with E-state index in [2.05, 4.69) is 15.5 Å². The van der Waals surface area contributed by atoms with Crippen molar-refractivity contribution in [3.8, 4) is 11.5 Å². The van der Waals surface area contributed by atoms with E-state index in [1.807, 2.05) is 0 Å². The average Bonchev–Trinajstić information content (AvgIpc) is 2.81. The summed E-state index contributed by atoms with van der Waals surface area (Å²) in [6.45, 7) is 2.19. The third-order valence-electron chi connectivity index (χ3n) is 4.05. The van der Waals surface area contributed by atoms with E-state index in [1.54, 1.807) is 19.1 Å². The zero-order valence-corrected chi connectivity index (χ0v) is 12.8. The molecule has 0 aromatic heterocycles. The Morgan fingerprint density at radius 2 is 2.13 bits per heavy atom. The van der Waals surface area contributed by atoms with Crippen LogP contribution in [0.2, 0.25) is 0 Å². The van der Waals surface area contributed by atoms with Gasteiger partial charge >= 0.3 is 12.3 Å². The molecular formula is C17H18F2O4. The van der Waals surface area contributed by atoms with Crippen LogP contribution in [0.4, 0.5) is 8.78 Å². The fraction of sp³-hybridized carbons (Fsp3) is 0.471. The normalized spacial score (nSPS) is 21.7. The van der Waals surface area contributed by atoms with E-state index in [0.717, 1.165) is 30.4 Å². The van der Waals surface area contributed by atoms with E-state index >= 15 is 0 Å². The Kier molecular flexibility index (Phi) is 4.24. The van der Waals surface area contributed by atoms with Gasteiger partial charge in [-0.3, -0.25) is 4.79 Å². The Labute approximate surface area is 133 Å². The van der Waals surface area contributed by atoms with Crippen molar-refractivity contribution in [2.45, 2.75) is 38.9 Å². The predicted molar refractivity (Wildman–Crippen MR) is 79.2 cm³/mol. The zero-order chi connectivity index (χ0) is 16.4. The summed E-state index contributed by atoms with van der Waals surface area (Å²) in [5.41, 5.74) is 1.92. The maximum absolute atomic E-state index is 13.0. The van der Waals surface area contributed by atoms with Crippen LogP contribution in [-0.4, -0.2) is 18.9 Å². The molecule has 0 saturated heterocycles. The predicted octanol–water partition coefficient (Wildman–Crippen LogP) is 4.14. The molecule has 124 valence electrons. The van der Waals surface area contributed by atoms with Crippen LogP contribution >= 0.6 is 0 Å². The summed E-state index contributed by atoms with van der Waals surface area (Å²) in [6, 6.07) is 4.83. The number of hydrogen-bond donors (Lipinski definition) is 0.